The molecule has 2 saturated carbocycles. The van der Waals surface area contributed by atoms with Crippen molar-refractivity contribution < 1.29 is 9.59 Å². The average Bonchev–Trinajstić information content (AvgIpc) is 2.96. The third kappa shape index (κ3) is 7.65. The Labute approximate surface area is 245 Å². The molecule has 40 heavy (non-hydrogen) atoms. The molecule has 210 valence electrons. The summed E-state index contributed by atoms with van der Waals surface area (Å²) in [7, 11) is 0. The molecule has 6 nitrogen and oxygen atoms in total. The Morgan fingerprint density at radius 2 is 1.55 bits per heavy atom. The highest BCUT2D eigenvalue weighted by Gasteiger charge is 2.27. The quantitative estimate of drug-likeness (QED) is 0.261. The number of nitrogens with two attached hydrogens (primary N) is 1. The number of benzene rings is 2. The van der Waals surface area contributed by atoms with Crippen LogP contribution in [0.15, 0.2) is 76.8 Å². The van der Waals surface area contributed by atoms with Crippen LogP contribution in [0.2, 0.25) is 5.02 Å². The highest BCUT2D eigenvalue weighted by atomic mass is 35.5. The van der Waals surface area contributed by atoms with E-state index < -0.39 is 0 Å². The molecule has 1 heterocycles. The van der Waals surface area contributed by atoms with Gasteiger partial charge in [0.1, 0.15) is 5.03 Å². The summed E-state index contributed by atoms with van der Waals surface area (Å²) in [6.07, 6.45) is 12.2. The number of halogens is 1. The fraction of sp³-hybridized carbons (Fsp3) is 0.406. The van der Waals surface area contributed by atoms with Gasteiger partial charge in [-0.2, -0.15) is 0 Å². The van der Waals surface area contributed by atoms with Crippen LogP contribution < -0.4 is 16.4 Å². The molecular weight excluding hydrogens is 540 g/mol. The van der Waals surface area contributed by atoms with E-state index in [0.717, 1.165) is 55.3 Å². The van der Waals surface area contributed by atoms with E-state index in [-0.39, 0.29) is 17.9 Å². The SMILES string of the molecule is NC1CCC(CC2CCC(NC(=O)c3ccc(NC(=O)c4cccnc4Sc4ccccc4)cc3Cl)CC2)CC1. The van der Waals surface area contributed by atoms with E-state index in [9.17, 15) is 9.59 Å². The number of rotatable bonds is 8. The first-order valence-electron chi connectivity index (χ1n) is 14.3. The minimum atomic E-state index is -0.285. The maximum Gasteiger partial charge on any atom is 0.258 e. The van der Waals surface area contributed by atoms with Crippen molar-refractivity contribution in [2.24, 2.45) is 17.6 Å². The van der Waals surface area contributed by atoms with Gasteiger partial charge in [-0.1, -0.05) is 41.6 Å². The lowest BCUT2D eigenvalue weighted by molar-refractivity contribution is 0.0918. The molecule has 0 saturated heterocycles. The van der Waals surface area contributed by atoms with Gasteiger partial charge in [-0.15, -0.1) is 0 Å². The van der Waals surface area contributed by atoms with E-state index in [4.69, 9.17) is 17.3 Å². The summed E-state index contributed by atoms with van der Waals surface area (Å²) in [5.74, 6) is 1.13. The maximum atomic E-state index is 13.1. The second kappa shape index (κ2) is 13.7. The lowest BCUT2D eigenvalue weighted by Crippen LogP contribution is -2.38. The van der Waals surface area contributed by atoms with Crippen LogP contribution >= 0.6 is 23.4 Å². The van der Waals surface area contributed by atoms with Crippen molar-refractivity contribution in [2.45, 2.75) is 79.8 Å². The van der Waals surface area contributed by atoms with Gasteiger partial charge in [0.2, 0.25) is 0 Å². The Morgan fingerprint density at radius 3 is 2.25 bits per heavy atom. The number of hydrogen-bond acceptors (Lipinski definition) is 5. The monoisotopic (exact) mass is 576 g/mol. The van der Waals surface area contributed by atoms with Crippen molar-refractivity contribution in [3.8, 4) is 0 Å². The smallest absolute Gasteiger partial charge is 0.258 e. The number of pyridine rings is 1. The molecule has 5 rings (SSSR count). The molecule has 0 spiro atoms. The molecule has 2 aliphatic rings. The molecule has 4 N–H and O–H groups in total. The van der Waals surface area contributed by atoms with E-state index in [1.165, 1.54) is 31.0 Å². The van der Waals surface area contributed by atoms with Crippen molar-refractivity contribution in [2.75, 3.05) is 5.32 Å². The molecule has 0 atom stereocenters. The Kier molecular flexibility index (Phi) is 9.79. The molecule has 0 bridgehead atoms. The second-order valence-electron chi connectivity index (χ2n) is 11.1. The van der Waals surface area contributed by atoms with Crippen molar-refractivity contribution in [1.82, 2.24) is 10.3 Å². The van der Waals surface area contributed by atoms with Crippen molar-refractivity contribution in [3.63, 3.8) is 0 Å². The van der Waals surface area contributed by atoms with Crippen LogP contribution in [-0.2, 0) is 0 Å². The number of hydrogen-bond donors (Lipinski definition) is 3. The third-order valence-corrected chi connectivity index (χ3v) is 9.52. The molecule has 0 aliphatic heterocycles. The molecular formula is C32H37ClN4O2S. The van der Waals surface area contributed by atoms with Gasteiger partial charge >= 0.3 is 0 Å². The number of amides is 2. The molecule has 2 fully saturated rings. The second-order valence-corrected chi connectivity index (χ2v) is 12.6. The first kappa shape index (κ1) is 28.7. The third-order valence-electron chi connectivity index (χ3n) is 8.19. The fourth-order valence-corrected chi connectivity index (χ4v) is 7.09. The Hall–Kier alpha value is -2.87. The van der Waals surface area contributed by atoms with Gasteiger partial charge < -0.3 is 16.4 Å². The van der Waals surface area contributed by atoms with Gasteiger partial charge in [0.25, 0.3) is 11.8 Å². The molecule has 3 aromatic rings. The van der Waals surface area contributed by atoms with Gasteiger partial charge in [-0.05, 0) is 112 Å². The molecule has 0 unspecified atom stereocenters. The minimum absolute atomic E-state index is 0.165. The first-order valence-corrected chi connectivity index (χ1v) is 15.5. The number of nitrogens with one attached hydrogen (secondary N) is 2. The predicted octanol–water partition coefficient (Wildman–Crippen LogP) is 7.33. The largest absolute Gasteiger partial charge is 0.349 e. The van der Waals surface area contributed by atoms with Gasteiger partial charge in [0.05, 0.1) is 16.1 Å². The minimum Gasteiger partial charge on any atom is -0.349 e. The topological polar surface area (TPSA) is 97.1 Å². The average molecular weight is 577 g/mol. The zero-order valence-corrected chi connectivity index (χ0v) is 24.2. The Balaban J connectivity index is 1.13. The molecule has 1 aromatic heterocycles. The molecule has 2 amide bonds. The van der Waals surface area contributed by atoms with Crippen molar-refractivity contribution in [3.05, 3.63) is 83.0 Å². The number of nitrogens with zero attached hydrogens (tertiary/aromatic N) is 1. The summed E-state index contributed by atoms with van der Waals surface area (Å²) in [6, 6.07) is 18.9. The number of anilines is 1. The van der Waals surface area contributed by atoms with Gasteiger partial charge in [-0.3, -0.25) is 9.59 Å². The molecule has 0 radical (unpaired) electrons. The van der Waals surface area contributed by atoms with E-state index in [2.05, 4.69) is 15.6 Å². The van der Waals surface area contributed by atoms with Gasteiger partial charge in [-0.25, -0.2) is 4.98 Å². The van der Waals surface area contributed by atoms with Crippen LogP contribution in [0.1, 0.15) is 78.5 Å². The van der Waals surface area contributed by atoms with Gasteiger partial charge in [0, 0.05) is 28.9 Å². The normalized spacial score (nSPS) is 22.9. The van der Waals surface area contributed by atoms with E-state index >= 15 is 0 Å². The summed E-state index contributed by atoms with van der Waals surface area (Å²) in [4.78, 5) is 31.5. The maximum absolute atomic E-state index is 13.1. The van der Waals surface area contributed by atoms with Gasteiger partial charge in [0.15, 0.2) is 0 Å². The Morgan fingerprint density at radius 1 is 0.850 bits per heavy atom. The van der Waals surface area contributed by atoms with E-state index in [1.807, 2.05) is 30.3 Å². The van der Waals surface area contributed by atoms with Crippen LogP contribution in [0.5, 0.6) is 0 Å². The predicted molar refractivity (Wildman–Crippen MR) is 162 cm³/mol. The summed E-state index contributed by atoms with van der Waals surface area (Å²) < 4.78 is 0. The lowest BCUT2D eigenvalue weighted by Gasteiger charge is -2.33. The van der Waals surface area contributed by atoms with Crippen LogP contribution in [0.25, 0.3) is 0 Å². The Bertz CT molecular complexity index is 1310. The number of carbonyl (C=O) groups excluding carboxylic acids is 2. The zero-order valence-electron chi connectivity index (χ0n) is 22.7. The standard InChI is InChI=1S/C32H37ClN4O2S/c33-29-20-25(37-31(39)28-7-4-18-35-32(28)40-26-5-2-1-3-6-26)16-17-27(29)30(38)36-24-14-10-22(11-15-24)19-21-8-12-23(34)13-9-21/h1-7,16-18,20-24H,8-15,19,34H2,(H,36,38)(H,37,39). The number of carbonyl (C=O) groups is 2. The van der Waals surface area contributed by atoms with Crippen LogP contribution in [-0.4, -0.2) is 28.9 Å². The summed E-state index contributed by atoms with van der Waals surface area (Å²) in [5, 5.41) is 7.01. The molecule has 8 heteroatoms. The fourth-order valence-electron chi connectivity index (χ4n) is 5.92. The van der Waals surface area contributed by atoms with Crippen molar-refractivity contribution >= 4 is 40.9 Å². The molecule has 2 aliphatic carbocycles. The summed E-state index contributed by atoms with van der Waals surface area (Å²) in [6.45, 7) is 0. The highest BCUT2D eigenvalue weighted by Crippen LogP contribution is 2.35. The van der Waals surface area contributed by atoms with E-state index in [0.29, 0.717) is 32.9 Å². The highest BCUT2D eigenvalue weighted by molar-refractivity contribution is 7.99. The molecule has 2 aromatic carbocycles. The van der Waals surface area contributed by atoms with Crippen LogP contribution in [0.3, 0.4) is 0 Å². The van der Waals surface area contributed by atoms with Crippen molar-refractivity contribution in [1.29, 1.82) is 0 Å². The number of aromatic nitrogens is 1. The lowest BCUT2D eigenvalue weighted by atomic mass is 9.76. The van der Waals surface area contributed by atoms with Crippen LogP contribution in [0, 0.1) is 11.8 Å². The zero-order chi connectivity index (χ0) is 27.9. The summed E-state index contributed by atoms with van der Waals surface area (Å²) >= 11 is 7.95. The van der Waals surface area contributed by atoms with E-state index in [1.54, 1.807) is 36.5 Å². The van der Waals surface area contributed by atoms with Crippen LogP contribution in [0.4, 0.5) is 5.69 Å². The summed E-state index contributed by atoms with van der Waals surface area (Å²) in [5.41, 5.74) is 7.48. The first-order chi connectivity index (χ1) is 19.4.